The number of carboxylic acids is 1. The second-order valence-corrected chi connectivity index (χ2v) is 3.58. The van der Waals surface area contributed by atoms with Gasteiger partial charge in [0.2, 0.25) is 0 Å². The molecule has 0 saturated carbocycles. The number of hydrogen-bond acceptors (Lipinski definition) is 3. The van der Waals surface area contributed by atoms with Crippen molar-refractivity contribution >= 4 is 18.0 Å². The molecule has 4 nitrogen and oxygen atoms in total. The van der Waals surface area contributed by atoms with Crippen LogP contribution >= 0.6 is 0 Å². The van der Waals surface area contributed by atoms with Crippen LogP contribution in [0.5, 0.6) is 0 Å². The van der Waals surface area contributed by atoms with Crippen LogP contribution in [0, 0.1) is 11.8 Å². The molecule has 1 N–H and O–H groups in total. The van der Waals surface area contributed by atoms with Crippen molar-refractivity contribution in [1.29, 1.82) is 0 Å². The minimum atomic E-state index is -0.988. The van der Waals surface area contributed by atoms with Gasteiger partial charge in [0, 0.05) is 11.6 Å². The van der Waals surface area contributed by atoms with Crippen LogP contribution in [0.2, 0.25) is 0 Å². The summed E-state index contributed by atoms with van der Waals surface area (Å²) in [7, 11) is 0. The third-order valence-corrected chi connectivity index (χ3v) is 2.10. The van der Waals surface area contributed by atoms with E-state index in [2.05, 4.69) is 11.8 Å². The molecule has 0 fully saturated rings. The van der Waals surface area contributed by atoms with E-state index in [0.717, 1.165) is 17.2 Å². The molecule has 0 aliphatic heterocycles. The number of rotatable bonds is 4. The first kappa shape index (κ1) is 14.5. The van der Waals surface area contributed by atoms with Crippen molar-refractivity contribution in [2.75, 3.05) is 6.61 Å². The molecular weight excluding hydrogens is 244 g/mol. The van der Waals surface area contributed by atoms with E-state index in [0.29, 0.717) is 6.61 Å². The lowest BCUT2D eigenvalue weighted by molar-refractivity contribution is -0.141. The predicted molar refractivity (Wildman–Crippen MR) is 71.2 cm³/mol. The number of ether oxygens (including phenoxy) is 1. The number of benzene rings is 1. The zero-order valence-electron chi connectivity index (χ0n) is 10.6. The molecule has 0 atom stereocenters. The summed E-state index contributed by atoms with van der Waals surface area (Å²) in [5, 5.41) is 8.49. The van der Waals surface area contributed by atoms with E-state index in [-0.39, 0.29) is 12.4 Å². The monoisotopic (exact) mass is 258 g/mol. The molecular formula is C15H14O4. The Bertz CT molecular complexity index is 530. The Hall–Kier alpha value is -2.54. The van der Waals surface area contributed by atoms with Crippen LogP contribution in [0.4, 0.5) is 0 Å². The largest absolute Gasteiger partial charge is 0.478 e. The van der Waals surface area contributed by atoms with Crippen molar-refractivity contribution < 1.29 is 19.4 Å². The first-order valence-corrected chi connectivity index (χ1v) is 5.77. The summed E-state index contributed by atoms with van der Waals surface area (Å²) in [6, 6.07) is 7.04. The zero-order valence-corrected chi connectivity index (χ0v) is 10.6. The fourth-order valence-electron chi connectivity index (χ4n) is 1.28. The average molecular weight is 258 g/mol. The smallest absolute Gasteiger partial charge is 0.328 e. The lowest BCUT2D eigenvalue weighted by Gasteiger charge is -1.95. The van der Waals surface area contributed by atoms with E-state index in [4.69, 9.17) is 9.84 Å². The maximum Gasteiger partial charge on any atom is 0.328 e. The number of carbonyl (C=O) groups excluding carboxylic acids is 1. The van der Waals surface area contributed by atoms with Gasteiger partial charge in [-0.3, -0.25) is 4.79 Å². The molecule has 0 aromatic heterocycles. The van der Waals surface area contributed by atoms with Crippen LogP contribution in [0.1, 0.15) is 24.5 Å². The highest BCUT2D eigenvalue weighted by Gasteiger charge is 1.96. The van der Waals surface area contributed by atoms with E-state index in [1.807, 2.05) is 0 Å². The Labute approximate surface area is 111 Å². The third kappa shape index (κ3) is 6.08. The summed E-state index contributed by atoms with van der Waals surface area (Å²) in [5.74, 6) is 4.23. The first-order chi connectivity index (χ1) is 9.11. The molecule has 0 heterocycles. The highest BCUT2D eigenvalue weighted by Crippen LogP contribution is 2.05. The SMILES string of the molecule is CCOC(=O)CC#Cc1ccc(/C=C/C(=O)O)cc1. The van der Waals surface area contributed by atoms with E-state index in [9.17, 15) is 9.59 Å². The molecule has 0 saturated heterocycles. The highest BCUT2D eigenvalue weighted by molar-refractivity contribution is 5.85. The molecule has 0 spiro atoms. The second kappa shape index (κ2) is 7.72. The minimum Gasteiger partial charge on any atom is -0.478 e. The maximum atomic E-state index is 11.0. The summed E-state index contributed by atoms with van der Waals surface area (Å²) in [6.45, 7) is 2.10. The Balaban J connectivity index is 2.60. The molecule has 1 aromatic carbocycles. The van der Waals surface area contributed by atoms with E-state index in [1.54, 1.807) is 31.2 Å². The van der Waals surface area contributed by atoms with Gasteiger partial charge in [-0.2, -0.15) is 0 Å². The van der Waals surface area contributed by atoms with E-state index >= 15 is 0 Å². The van der Waals surface area contributed by atoms with Gasteiger partial charge in [0.05, 0.1) is 6.61 Å². The number of hydrogen-bond donors (Lipinski definition) is 1. The number of carboxylic acid groups (broad SMARTS) is 1. The van der Waals surface area contributed by atoms with Crippen molar-refractivity contribution in [2.45, 2.75) is 13.3 Å². The van der Waals surface area contributed by atoms with Crippen molar-refractivity contribution in [3.63, 3.8) is 0 Å². The van der Waals surface area contributed by atoms with Gasteiger partial charge >= 0.3 is 11.9 Å². The van der Waals surface area contributed by atoms with Gasteiger partial charge in [0.25, 0.3) is 0 Å². The summed E-state index contributed by atoms with van der Waals surface area (Å²) in [6.07, 6.45) is 2.63. The minimum absolute atomic E-state index is 0.0640. The summed E-state index contributed by atoms with van der Waals surface area (Å²) in [4.78, 5) is 21.4. The second-order valence-electron chi connectivity index (χ2n) is 3.58. The summed E-state index contributed by atoms with van der Waals surface area (Å²) in [5.41, 5.74) is 1.54. The Morgan fingerprint density at radius 1 is 1.32 bits per heavy atom. The van der Waals surface area contributed by atoms with Crippen LogP contribution in [-0.4, -0.2) is 23.7 Å². The molecule has 1 rings (SSSR count). The quantitative estimate of drug-likeness (QED) is 0.510. The summed E-state index contributed by atoms with van der Waals surface area (Å²) < 4.78 is 4.75. The molecule has 0 radical (unpaired) electrons. The normalized spacial score (nSPS) is 9.74. The van der Waals surface area contributed by atoms with Crippen LogP contribution < -0.4 is 0 Å². The van der Waals surface area contributed by atoms with Crippen LogP contribution in [0.3, 0.4) is 0 Å². The molecule has 98 valence electrons. The maximum absolute atomic E-state index is 11.0. The Morgan fingerprint density at radius 3 is 2.58 bits per heavy atom. The zero-order chi connectivity index (χ0) is 14.1. The van der Waals surface area contributed by atoms with Gasteiger partial charge in [0.15, 0.2) is 0 Å². The average Bonchev–Trinajstić information content (AvgIpc) is 2.38. The molecule has 19 heavy (non-hydrogen) atoms. The van der Waals surface area contributed by atoms with Crippen molar-refractivity contribution in [1.82, 2.24) is 0 Å². The van der Waals surface area contributed by atoms with Crippen molar-refractivity contribution in [3.05, 3.63) is 41.5 Å². The molecule has 0 aliphatic rings. The number of carbonyl (C=O) groups is 2. The van der Waals surface area contributed by atoms with Gasteiger partial charge in [-0.25, -0.2) is 4.79 Å². The van der Waals surface area contributed by atoms with Gasteiger partial charge in [0.1, 0.15) is 6.42 Å². The highest BCUT2D eigenvalue weighted by atomic mass is 16.5. The number of esters is 1. The van der Waals surface area contributed by atoms with E-state index in [1.165, 1.54) is 6.08 Å². The third-order valence-electron chi connectivity index (χ3n) is 2.10. The lowest BCUT2D eigenvalue weighted by Crippen LogP contribution is -2.01. The Morgan fingerprint density at radius 2 is 2.00 bits per heavy atom. The molecule has 0 amide bonds. The molecule has 0 aliphatic carbocycles. The van der Waals surface area contributed by atoms with E-state index < -0.39 is 5.97 Å². The molecule has 1 aromatic rings. The fraction of sp³-hybridized carbons (Fsp3) is 0.200. The fourth-order valence-corrected chi connectivity index (χ4v) is 1.28. The van der Waals surface area contributed by atoms with Crippen LogP contribution in [-0.2, 0) is 14.3 Å². The van der Waals surface area contributed by atoms with Crippen LogP contribution in [0.15, 0.2) is 30.3 Å². The number of aliphatic carboxylic acids is 1. The van der Waals surface area contributed by atoms with Gasteiger partial charge in [-0.15, -0.1) is 0 Å². The van der Waals surface area contributed by atoms with Gasteiger partial charge in [-0.1, -0.05) is 24.0 Å². The molecule has 0 bridgehead atoms. The Kier molecular flexibility index (Phi) is 5.90. The first-order valence-electron chi connectivity index (χ1n) is 5.77. The molecule has 0 unspecified atom stereocenters. The van der Waals surface area contributed by atoms with Gasteiger partial charge in [-0.05, 0) is 30.7 Å². The van der Waals surface area contributed by atoms with Crippen molar-refractivity contribution in [3.8, 4) is 11.8 Å². The van der Waals surface area contributed by atoms with Crippen LogP contribution in [0.25, 0.3) is 6.08 Å². The lowest BCUT2D eigenvalue weighted by atomic mass is 10.1. The predicted octanol–water partition coefficient (Wildman–Crippen LogP) is 2.09. The summed E-state index contributed by atoms with van der Waals surface area (Å²) >= 11 is 0. The standard InChI is InChI=1S/C15H14O4/c1-2-19-15(18)5-3-4-12-6-8-13(9-7-12)10-11-14(16)17/h6-11H,2,5H2,1H3,(H,16,17)/b11-10+. The van der Waals surface area contributed by atoms with Gasteiger partial charge < -0.3 is 9.84 Å². The van der Waals surface area contributed by atoms with Crippen molar-refractivity contribution in [2.24, 2.45) is 0 Å². The molecule has 4 heteroatoms. The topological polar surface area (TPSA) is 63.6 Å².